The first-order chi connectivity index (χ1) is 23.9. The van der Waals surface area contributed by atoms with Crippen molar-refractivity contribution in [3.63, 3.8) is 0 Å². The summed E-state index contributed by atoms with van der Waals surface area (Å²) in [6.07, 6.45) is 0. The number of azide groups is 1. The third-order valence-corrected chi connectivity index (χ3v) is 6.60. The van der Waals surface area contributed by atoms with Crippen LogP contribution in [0, 0.1) is 6.92 Å². The van der Waals surface area contributed by atoms with E-state index in [1.165, 1.54) is 17.0 Å². The minimum absolute atomic E-state index is 0. The fourth-order valence-corrected chi connectivity index (χ4v) is 3.83. The van der Waals surface area contributed by atoms with Gasteiger partial charge in [0.25, 0.3) is 10.1 Å². The number of benzene rings is 1. The first-order valence-corrected chi connectivity index (χ1v) is 16.9. The van der Waals surface area contributed by atoms with Crippen LogP contribution in [0.2, 0.25) is 0 Å². The number of aryl methyl sites for hydroxylation is 1. The van der Waals surface area contributed by atoms with Crippen molar-refractivity contribution in [2.45, 2.75) is 11.8 Å². The van der Waals surface area contributed by atoms with Crippen LogP contribution in [0.5, 0.6) is 0 Å². The summed E-state index contributed by atoms with van der Waals surface area (Å²) in [5.74, 6) is 0. The number of hydrogen-bond acceptors (Lipinski definition) is 14. The van der Waals surface area contributed by atoms with E-state index in [0.29, 0.717) is 119 Å². The fourth-order valence-electron chi connectivity index (χ4n) is 2.93. The van der Waals surface area contributed by atoms with Gasteiger partial charge in [0, 0.05) is 25.7 Å². The maximum atomic E-state index is 11.9. The summed E-state index contributed by atoms with van der Waals surface area (Å²) in [5.41, 5.74) is 22.5. The van der Waals surface area contributed by atoms with Crippen molar-refractivity contribution in [3.05, 3.63) is 56.2 Å². The van der Waals surface area contributed by atoms with Crippen molar-refractivity contribution in [2.75, 3.05) is 146 Å². The molecule has 0 radical (unpaired) electrons. The van der Waals surface area contributed by atoms with Crippen LogP contribution in [-0.2, 0) is 61.7 Å². The Labute approximate surface area is 317 Å². The van der Waals surface area contributed by atoms with E-state index in [0.717, 1.165) is 5.56 Å². The monoisotopic (exact) mass is 748 g/mol. The second-order valence-corrected chi connectivity index (χ2v) is 10.6. The van der Waals surface area contributed by atoms with Gasteiger partial charge in [0.05, 0.1) is 130 Å². The topological polar surface area (TPSA) is 243 Å². The number of rotatable bonds is 32. The van der Waals surface area contributed by atoms with Crippen LogP contribution in [0.1, 0.15) is 5.56 Å². The normalized spacial score (nSPS) is 10.5. The molecule has 21 heteroatoms. The van der Waals surface area contributed by atoms with Crippen LogP contribution in [0.25, 0.3) is 26.4 Å². The molecule has 1 aromatic carbocycles. The molecule has 0 saturated carbocycles. The Bertz CT molecular complexity index is 1040. The van der Waals surface area contributed by atoms with E-state index in [4.69, 9.17) is 68.1 Å². The van der Waals surface area contributed by atoms with Gasteiger partial charge in [-0.2, -0.15) is 8.42 Å². The van der Waals surface area contributed by atoms with E-state index >= 15 is 0 Å². The van der Waals surface area contributed by atoms with E-state index in [9.17, 15) is 8.42 Å². The number of ether oxygens (including phenoxy) is 10. The third-order valence-electron chi connectivity index (χ3n) is 5.27. The molecule has 0 bridgehead atoms. The van der Waals surface area contributed by atoms with Crippen LogP contribution in [-0.4, -0.2) is 155 Å². The minimum Gasteiger partial charge on any atom is -0.382 e. The molecule has 0 unspecified atom stereocenters. The SMILES string of the molecule is COCCOCCOCCOCCOCCN=[N+]=[N-].COCCOCCOCCOCCOCCOS(=O)(=O)c1ccc(C)cc1.[N-]=[N+]=[N-].[Na+]. The average molecular weight is 749 g/mol. The van der Waals surface area contributed by atoms with Crippen LogP contribution < -0.4 is 29.6 Å². The molecule has 50 heavy (non-hydrogen) atoms. The minimum atomic E-state index is -3.74. The molecule has 1 rings (SSSR count). The predicted octanol–water partition coefficient (Wildman–Crippen LogP) is 0.293. The van der Waals surface area contributed by atoms with E-state index in [1.807, 2.05) is 6.92 Å². The Kier molecular flexibility index (Phi) is 45.9. The zero-order valence-corrected chi connectivity index (χ0v) is 32.7. The molecule has 0 atom stereocenters. The van der Waals surface area contributed by atoms with Crippen LogP contribution in [0.3, 0.4) is 0 Å². The molecule has 0 N–H and O–H groups in total. The number of methoxy groups -OCH3 is 2. The Balaban J connectivity index is -0.000000845. The van der Waals surface area contributed by atoms with Gasteiger partial charge in [0.1, 0.15) is 0 Å². The van der Waals surface area contributed by atoms with Gasteiger partial charge >= 0.3 is 29.6 Å². The summed E-state index contributed by atoms with van der Waals surface area (Å²) in [7, 11) is -0.477. The summed E-state index contributed by atoms with van der Waals surface area (Å²) in [6.45, 7) is 11.0. The molecule has 0 aliphatic carbocycles. The summed E-state index contributed by atoms with van der Waals surface area (Å²) in [6, 6.07) is 6.49. The Hall–Kier alpha value is -1.65. The van der Waals surface area contributed by atoms with Gasteiger partial charge in [0.15, 0.2) is 0 Å². The molecular formula is C29H53N6NaO13S. The summed E-state index contributed by atoms with van der Waals surface area (Å²) < 4.78 is 80.6. The molecule has 0 aromatic heterocycles. The van der Waals surface area contributed by atoms with Crippen molar-refractivity contribution >= 4 is 10.1 Å². The van der Waals surface area contributed by atoms with Gasteiger partial charge < -0.3 is 58.4 Å². The van der Waals surface area contributed by atoms with Crippen LogP contribution in [0.4, 0.5) is 0 Å². The average Bonchev–Trinajstić information content (AvgIpc) is 3.09. The van der Waals surface area contributed by atoms with Crippen LogP contribution >= 0.6 is 0 Å². The maximum Gasteiger partial charge on any atom is 1.00 e. The van der Waals surface area contributed by atoms with E-state index in [1.54, 1.807) is 26.4 Å². The standard InChI is InChI=1S/C18H30O8S.C11H23N3O5.N3.Na/c1-17-3-5-18(6-4-17)27(19,20)26-16-15-25-14-13-24-12-11-23-10-9-22-8-7-21-2;1-15-4-5-17-8-9-19-11-10-18-7-6-16-3-2-13-14-12;1-3-2;/h3-6H,7-16H2,1-2H3;2-11H2,1H3;;/q;;-1;+1. The van der Waals surface area contributed by atoms with Gasteiger partial charge in [0.2, 0.25) is 0 Å². The second kappa shape index (κ2) is 43.5. The van der Waals surface area contributed by atoms with Crippen molar-refractivity contribution in [2.24, 2.45) is 5.11 Å². The molecular weight excluding hydrogens is 695 g/mol. The molecule has 19 nitrogen and oxygen atoms in total. The Morgan fingerprint density at radius 2 is 0.840 bits per heavy atom. The largest absolute Gasteiger partial charge is 1.00 e. The smallest absolute Gasteiger partial charge is 0.382 e. The molecule has 0 aliphatic heterocycles. The quantitative estimate of drug-likeness (QED) is 0.0241. The zero-order valence-electron chi connectivity index (χ0n) is 29.9. The zero-order chi connectivity index (χ0) is 36.5. The van der Waals surface area contributed by atoms with Crippen LogP contribution in [0.15, 0.2) is 34.3 Å². The van der Waals surface area contributed by atoms with Gasteiger partial charge in [-0.25, -0.2) is 0 Å². The molecule has 284 valence electrons. The van der Waals surface area contributed by atoms with E-state index < -0.39 is 10.1 Å². The molecule has 0 saturated heterocycles. The van der Waals surface area contributed by atoms with E-state index in [2.05, 4.69) is 10.0 Å². The maximum absolute atomic E-state index is 11.9. The number of hydrogen-bond donors (Lipinski definition) is 0. The first kappa shape index (κ1) is 52.7. The fraction of sp³-hybridized carbons (Fsp3) is 0.793. The first-order valence-electron chi connectivity index (χ1n) is 15.4. The van der Waals surface area contributed by atoms with Gasteiger partial charge in [-0.15, -0.1) is 0 Å². The summed E-state index contributed by atoms with van der Waals surface area (Å²) >= 11 is 0. The Morgan fingerprint density at radius 1 is 0.540 bits per heavy atom. The van der Waals surface area contributed by atoms with Crippen molar-refractivity contribution in [1.82, 2.24) is 0 Å². The predicted molar refractivity (Wildman–Crippen MR) is 179 cm³/mol. The molecule has 0 aliphatic rings. The molecule has 0 fully saturated rings. The van der Waals surface area contributed by atoms with Gasteiger partial charge in [-0.1, -0.05) is 22.8 Å². The molecule has 0 spiro atoms. The summed E-state index contributed by atoms with van der Waals surface area (Å²) in [5, 5.41) is 3.34. The third kappa shape index (κ3) is 40.8. The molecule has 1 aromatic rings. The number of nitrogens with zero attached hydrogens (tertiary/aromatic N) is 6. The molecule has 0 heterocycles. The van der Waals surface area contributed by atoms with Crippen molar-refractivity contribution in [3.8, 4) is 0 Å². The Morgan fingerprint density at radius 3 is 1.16 bits per heavy atom. The van der Waals surface area contributed by atoms with Crippen molar-refractivity contribution in [1.29, 1.82) is 0 Å². The van der Waals surface area contributed by atoms with Crippen molar-refractivity contribution < 1.29 is 89.5 Å². The molecule has 0 amide bonds. The summed E-state index contributed by atoms with van der Waals surface area (Å²) in [4.78, 5) is 4.25. The van der Waals surface area contributed by atoms with E-state index in [-0.39, 0.29) is 47.7 Å². The van der Waals surface area contributed by atoms with Gasteiger partial charge in [-0.05, 0) is 24.6 Å². The van der Waals surface area contributed by atoms with Gasteiger partial charge in [-0.3, -0.25) is 9.09 Å². The second-order valence-electron chi connectivity index (χ2n) is 9.02.